The van der Waals surface area contributed by atoms with Crippen LogP contribution in [0.4, 0.5) is 0 Å². The van der Waals surface area contributed by atoms with Crippen molar-refractivity contribution in [3.8, 4) is 11.4 Å². The second-order valence-corrected chi connectivity index (χ2v) is 8.26. The first-order valence-electron chi connectivity index (χ1n) is 5.96. The van der Waals surface area contributed by atoms with Crippen molar-refractivity contribution in [3.05, 3.63) is 27.7 Å². The second-order valence-electron chi connectivity index (χ2n) is 5.48. The van der Waals surface area contributed by atoms with Gasteiger partial charge in [0.15, 0.2) is 5.82 Å². The van der Waals surface area contributed by atoms with Crippen molar-refractivity contribution in [1.29, 1.82) is 0 Å². The predicted molar refractivity (Wildman–Crippen MR) is 84.5 cm³/mol. The molecule has 2 N–H and O–H groups in total. The maximum absolute atomic E-state index is 11.7. The van der Waals surface area contributed by atoms with Gasteiger partial charge in [0.25, 0.3) is 15.2 Å². The van der Waals surface area contributed by atoms with Crippen molar-refractivity contribution in [2.45, 2.75) is 31.5 Å². The SMILES string of the molecule is CC(C)(C)n1c(-c2cc(Br)ccc2Cl)nnc1S(N)(=O)=O. The van der Waals surface area contributed by atoms with Crippen molar-refractivity contribution in [3.63, 3.8) is 0 Å². The summed E-state index contributed by atoms with van der Waals surface area (Å²) in [4.78, 5) is 0. The van der Waals surface area contributed by atoms with Crippen LogP contribution in [0.25, 0.3) is 11.4 Å². The second kappa shape index (κ2) is 5.35. The molecule has 0 radical (unpaired) electrons. The Morgan fingerprint density at radius 1 is 1.29 bits per heavy atom. The zero-order valence-corrected chi connectivity index (χ0v) is 14.8. The zero-order valence-electron chi connectivity index (χ0n) is 11.6. The Morgan fingerprint density at radius 2 is 1.90 bits per heavy atom. The molecule has 0 bridgehead atoms. The lowest BCUT2D eigenvalue weighted by Gasteiger charge is -2.24. The fourth-order valence-corrected chi connectivity index (χ4v) is 3.23. The monoisotopic (exact) mass is 392 g/mol. The van der Waals surface area contributed by atoms with E-state index in [0.717, 1.165) is 4.47 Å². The molecule has 2 rings (SSSR count). The van der Waals surface area contributed by atoms with Gasteiger partial charge in [-0.3, -0.25) is 4.57 Å². The molecule has 0 unspecified atom stereocenters. The summed E-state index contributed by atoms with van der Waals surface area (Å²) in [6.45, 7) is 5.50. The van der Waals surface area contributed by atoms with Gasteiger partial charge in [-0.25, -0.2) is 13.6 Å². The molecule has 6 nitrogen and oxygen atoms in total. The first kappa shape index (κ1) is 16.4. The highest BCUT2D eigenvalue weighted by molar-refractivity contribution is 9.10. The molecule has 1 aromatic heterocycles. The number of hydrogen-bond acceptors (Lipinski definition) is 4. The van der Waals surface area contributed by atoms with Crippen molar-refractivity contribution in [1.82, 2.24) is 14.8 Å². The van der Waals surface area contributed by atoms with Gasteiger partial charge >= 0.3 is 0 Å². The van der Waals surface area contributed by atoms with E-state index in [4.69, 9.17) is 16.7 Å². The molecule has 0 amide bonds. The van der Waals surface area contributed by atoms with E-state index in [9.17, 15) is 8.42 Å². The highest BCUT2D eigenvalue weighted by Gasteiger charge is 2.30. The van der Waals surface area contributed by atoms with Crippen LogP contribution >= 0.6 is 27.5 Å². The van der Waals surface area contributed by atoms with Gasteiger partial charge in [0, 0.05) is 15.6 Å². The van der Waals surface area contributed by atoms with Crippen molar-refractivity contribution >= 4 is 37.6 Å². The van der Waals surface area contributed by atoms with Gasteiger partial charge in [0.05, 0.1) is 5.02 Å². The molecule has 0 atom stereocenters. The highest BCUT2D eigenvalue weighted by Crippen LogP contribution is 2.33. The Morgan fingerprint density at radius 3 is 2.43 bits per heavy atom. The smallest absolute Gasteiger partial charge is 0.273 e. The molecule has 0 saturated heterocycles. The van der Waals surface area contributed by atoms with E-state index in [2.05, 4.69) is 26.1 Å². The third-order valence-corrected chi connectivity index (χ3v) is 4.32. The van der Waals surface area contributed by atoms with Crippen LogP contribution in [0.15, 0.2) is 27.8 Å². The number of aromatic nitrogens is 3. The van der Waals surface area contributed by atoms with Crippen LogP contribution in [0.5, 0.6) is 0 Å². The van der Waals surface area contributed by atoms with Crippen LogP contribution in [0.2, 0.25) is 5.02 Å². The average Bonchev–Trinajstić information content (AvgIpc) is 2.76. The van der Waals surface area contributed by atoms with E-state index in [1.165, 1.54) is 4.57 Å². The number of rotatable bonds is 2. The van der Waals surface area contributed by atoms with Crippen LogP contribution in [0, 0.1) is 0 Å². The maximum Gasteiger partial charge on any atom is 0.273 e. The molecule has 0 aliphatic carbocycles. The molecule has 2 aromatic rings. The summed E-state index contributed by atoms with van der Waals surface area (Å²) in [5.74, 6) is 0.345. The number of nitrogens with zero attached hydrogens (tertiary/aromatic N) is 3. The molecule has 9 heteroatoms. The molecule has 21 heavy (non-hydrogen) atoms. The Kier molecular flexibility index (Phi) is 4.18. The first-order chi connectivity index (χ1) is 9.51. The van der Waals surface area contributed by atoms with Crippen molar-refractivity contribution in [2.24, 2.45) is 5.14 Å². The summed E-state index contributed by atoms with van der Waals surface area (Å²) in [5.41, 5.74) is -0.0185. The number of hydrogen-bond donors (Lipinski definition) is 1. The van der Waals surface area contributed by atoms with E-state index in [-0.39, 0.29) is 5.16 Å². The standard InChI is InChI=1S/C12H14BrClN4O2S/c1-12(2,3)18-10(16-17-11(18)21(15,19)20)8-6-7(13)4-5-9(8)14/h4-6H,1-3H3,(H2,15,19,20). The zero-order chi connectivity index (χ0) is 16.0. The molecular weight excluding hydrogens is 380 g/mol. The Balaban J connectivity index is 2.83. The predicted octanol–water partition coefficient (Wildman–Crippen LogP) is 2.76. The highest BCUT2D eigenvalue weighted by atomic mass is 79.9. The Bertz CT molecular complexity index is 796. The van der Waals surface area contributed by atoms with Gasteiger partial charge in [0.1, 0.15) is 0 Å². The lowest BCUT2D eigenvalue weighted by molar-refractivity contribution is 0.366. The lowest BCUT2D eigenvalue weighted by Crippen LogP contribution is -2.29. The number of benzene rings is 1. The van der Waals surface area contributed by atoms with Gasteiger partial charge in [-0.15, -0.1) is 10.2 Å². The van der Waals surface area contributed by atoms with Crippen LogP contribution < -0.4 is 5.14 Å². The van der Waals surface area contributed by atoms with E-state index < -0.39 is 15.6 Å². The minimum absolute atomic E-state index is 0.291. The number of nitrogens with two attached hydrogens (primary N) is 1. The first-order valence-corrected chi connectivity index (χ1v) is 8.67. The minimum atomic E-state index is -3.99. The minimum Gasteiger partial charge on any atom is -0.291 e. The van der Waals surface area contributed by atoms with Crippen LogP contribution in [0.1, 0.15) is 20.8 Å². The molecule has 1 aromatic carbocycles. The molecule has 0 aliphatic heterocycles. The third-order valence-electron chi connectivity index (χ3n) is 2.73. The van der Waals surface area contributed by atoms with Crippen molar-refractivity contribution < 1.29 is 8.42 Å². The van der Waals surface area contributed by atoms with Gasteiger partial charge in [-0.2, -0.15) is 0 Å². The molecule has 0 spiro atoms. The molecular formula is C12H14BrClN4O2S. The summed E-state index contributed by atoms with van der Waals surface area (Å²) in [6, 6.07) is 5.23. The summed E-state index contributed by atoms with van der Waals surface area (Å²) in [5, 5.41) is 13.1. The van der Waals surface area contributed by atoms with Gasteiger partial charge in [0.2, 0.25) is 0 Å². The van der Waals surface area contributed by atoms with Gasteiger partial charge in [-0.05, 0) is 39.0 Å². The fraction of sp³-hybridized carbons (Fsp3) is 0.333. The number of sulfonamides is 1. The summed E-state index contributed by atoms with van der Waals surface area (Å²) >= 11 is 9.55. The summed E-state index contributed by atoms with van der Waals surface area (Å²) in [7, 11) is -3.99. The molecule has 0 fully saturated rings. The molecule has 114 valence electrons. The van der Waals surface area contributed by atoms with E-state index in [1.54, 1.807) is 18.2 Å². The van der Waals surface area contributed by atoms with Gasteiger partial charge < -0.3 is 0 Å². The van der Waals surface area contributed by atoms with E-state index in [0.29, 0.717) is 16.4 Å². The third kappa shape index (κ3) is 3.28. The average molecular weight is 394 g/mol. The molecule has 1 heterocycles. The molecule has 0 aliphatic rings. The number of primary sulfonamides is 1. The van der Waals surface area contributed by atoms with Crippen LogP contribution in [-0.4, -0.2) is 23.2 Å². The topological polar surface area (TPSA) is 90.9 Å². The summed E-state index contributed by atoms with van der Waals surface area (Å²) < 4.78 is 25.7. The summed E-state index contributed by atoms with van der Waals surface area (Å²) in [6.07, 6.45) is 0. The maximum atomic E-state index is 11.7. The molecule has 0 saturated carbocycles. The Hall–Kier alpha value is -0.960. The number of halogens is 2. The van der Waals surface area contributed by atoms with Crippen molar-refractivity contribution in [2.75, 3.05) is 0 Å². The van der Waals surface area contributed by atoms with E-state index in [1.807, 2.05) is 20.8 Å². The normalized spacial score (nSPS) is 12.7. The Labute approximate surface area is 136 Å². The lowest BCUT2D eigenvalue weighted by atomic mass is 10.1. The largest absolute Gasteiger partial charge is 0.291 e. The van der Waals surface area contributed by atoms with Crippen LogP contribution in [0.3, 0.4) is 0 Å². The van der Waals surface area contributed by atoms with Gasteiger partial charge in [-0.1, -0.05) is 27.5 Å². The van der Waals surface area contributed by atoms with E-state index >= 15 is 0 Å². The fourth-order valence-electron chi connectivity index (χ4n) is 1.90. The van der Waals surface area contributed by atoms with Crippen LogP contribution in [-0.2, 0) is 15.6 Å². The quantitative estimate of drug-likeness (QED) is 0.849.